The lowest BCUT2D eigenvalue weighted by molar-refractivity contribution is -0.136. The van der Waals surface area contributed by atoms with Gasteiger partial charge in [0.15, 0.2) is 5.75 Å². The van der Waals surface area contributed by atoms with E-state index in [1.165, 1.54) is 18.9 Å². The summed E-state index contributed by atoms with van der Waals surface area (Å²) >= 11 is 1.26. The van der Waals surface area contributed by atoms with Crippen LogP contribution in [-0.2, 0) is 4.79 Å². The molecule has 1 aliphatic heterocycles. The number of nitroso groups, excluding NO2 is 1. The highest BCUT2D eigenvalue weighted by Gasteiger charge is 2.27. The van der Waals surface area contributed by atoms with Crippen molar-refractivity contribution in [1.82, 2.24) is 0 Å². The van der Waals surface area contributed by atoms with Crippen molar-refractivity contribution in [2.75, 3.05) is 7.11 Å². The van der Waals surface area contributed by atoms with E-state index in [0.29, 0.717) is 12.2 Å². The number of thioether (sulfide) groups is 1. The predicted molar refractivity (Wildman–Crippen MR) is 70.1 cm³/mol. The van der Waals surface area contributed by atoms with E-state index in [1.54, 1.807) is 23.6 Å². The summed E-state index contributed by atoms with van der Waals surface area (Å²) in [6, 6.07) is 5.06. The first-order valence-electron chi connectivity index (χ1n) is 5.25. The number of carboxylic acids is 1. The zero-order valence-corrected chi connectivity index (χ0v) is 10.4. The molecule has 0 aliphatic carbocycles. The van der Waals surface area contributed by atoms with Crippen molar-refractivity contribution in [3.8, 4) is 5.75 Å². The molecule has 1 unspecified atom stereocenters. The SMILES string of the molecule is COc1c(N=O)cccc1C1=CSC(C(=O)O)C1. The first-order valence-corrected chi connectivity index (χ1v) is 6.19. The highest BCUT2D eigenvalue weighted by atomic mass is 32.2. The zero-order valence-electron chi connectivity index (χ0n) is 9.62. The second-order valence-electron chi connectivity index (χ2n) is 3.76. The highest BCUT2D eigenvalue weighted by Crippen LogP contribution is 2.42. The number of benzene rings is 1. The quantitative estimate of drug-likeness (QED) is 0.847. The molecule has 0 bridgehead atoms. The molecule has 0 saturated heterocycles. The Hall–Kier alpha value is -1.82. The topological polar surface area (TPSA) is 76.0 Å². The molecule has 6 heteroatoms. The van der Waals surface area contributed by atoms with Gasteiger partial charge in [-0.2, -0.15) is 0 Å². The van der Waals surface area contributed by atoms with E-state index in [-0.39, 0.29) is 5.69 Å². The van der Waals surface area contributed by atoms with Gasteiger partial charge in [-0.15, -0.1) is 16.7 Å². The van der Waals surface area contributed by atoms with Gasteiger partial charge in [-0.25, -0.2) is 0 Å². The maximum Gasteiger partial charge on any atom is 0.317 e. The summed E-state index contributed by atoms with van der Waals surface area (Å²) in [4.78, 5) is 21.6. The minimum atomic E-state index is -0.838. The Bertz CT molecular complexity index is 527. The Kier molecular flexibility index (Phi) is 3.66. The number of nitrogens with zero attached hydrogens (tertiary/aromatic N) is 1. The van der Waals surface area contributed by atoms with Crippen LogP contribution in [0, 0.1) is 4.91 Å². The number of ether oxygens (including phenoxy) is 1. The van der Waals surface area contributed by atoms with Crippen molar-refractivity contribution in [3.05, 3.63) is 34.1 Å². The first-order chi connectivity index (χ1) is 8.67. The van der Waals surface area contributed by atoms with Gasteiger partial charge >= 0.3 is 5.97 Å². The largest absolute Gasteiger partial charge is 0.494 e. The van der Waals surface area contributed by atoms with E-state index in [0.717, 1.165) is 11.1 Å². The molecule has 0 saturated carbocycles. The molecule has 94 valence electrons. The van der Waals surface area contributed by atoms with Gasteiger partial charge in [-0.1, -0.05) is 12.1 Å². The lowest BCUT2D eigenvalue weighted by Gasteiger charge is -2.10. The molecule has 5 nitrogen and oxygen atoms in total. The van der Waals surface area contributed by atoms with E-state index in [1.807, 2.05) is 0 Å². The van der Waals surface area contributed by atoms with Crippen molar-refractivity contribution >= 4 is 29.0 Å². The fourth-order valence-corrected chi connectivity index (χ4v) is 2.79. The van der Waals surface area contributed by atoms with Gasteiger partial charge in [0, 0.05) is 5.56 Å². The molecule has 1 aromatic carbocycles. The Morgan fingerprint density at radius 1 is 1.56 bits per heavy atom. The van der Waals surface area contributed by atoms with Gasteiger partial charge < -0.3 is 9.84 Å². The van der Waals surface area contributed by atoms with Crippen molar-refractivity contribution in [2.24, 2.45) is 5.18 Å². The molecule has 0 radical (unpaired) electrons. The summed E-state index contributed by atoms with van der Waals surface area (Å²) in [5.41, 5.74) is 1.81. The van der Waals surface area contributed by atoms with Crippen LogP contribution in [0.4, 0.5) is 5.69 Å². The fraction of sp³-hybridized carbons (Fsp3) is 0.250. The number of allylic oxidation sites excluding steroid dienone is 1. The van der Waals surface area contributed by atoms with Crippen LogP contribution in [0.15, 0.2) is 28.8 Å². The standard InChI is InChI=1S/C12H11NO4S/c1-17-11-8(3-2-4-9(11)13-16)7-5-10(12(14)15)18-6-7/h2-4,6,10H,5H2,1H3,(H,14,15). The molecule has 1 heterocycles. The molecule has 18 heavy (non-hydrogen) atoms. The van der Waals surface area contributed by atoms with Crippen LogP contribution < -0.4 is 4.74 Å². The average molecular weight is 265 g/mol. The number of carbonyl (C=O) groups is 1. The van der Waals surface area contributed by atoms with Gasteiger partial charge in [0.05, 0.1) is 7.11 Å². The van der Waals surface area contributed by atoms with Crippen LogP contribution in [-0.4, -0.2) is 23.4 Å². The van der Waals surface area contributed by atoms with Gasteiger partial charge in [0.2, 0.25) is 0 Å². The normalized spacial score (nSPS) is 18.3. The maximum atomic E-state index is 10.9. The fourth-order valence-electron chi connectivity index (χ4n) is 1.84. The number of aliphatic carboxylic acids is 1. The van der Waals surface area contributed by atoms with Crippen molar-refractivity contribution < 1.29 is 14.6 Å². The summed E-state index contributed by atoms with van der Waals surface area (Å²) in [7, 11) is 1.46. The third-order valence-corrected chi connectivity index (χ3v) is 3.82. The molecule has 0 amide bonds. The molecule has 0 spiro atoms. The van der Waals surface area contributed by atoms with E-state index < -0.39 is 11.2 Å². The van der Waals surface area contributed by atoms with E-state index in [2.05, 4.69) is 5.18 Å². The Morgan fingerprint density at radius 2 is 2.33 bits per heavy atom. The Morgan fingerprint density at radius 3 is 2.89 bits per heavy atom. The third-order valence-electron chi connectivity index (χ3n) is 2.70. The predicted octanol–water partition coefficient (Wildman–Crippen LogP) is 3.02. The summed E-state index contributed by atoms with van der Waals surface area (Å²) in [6.07, 6.45) is 0.415. The first kappa shape index (κ1) is 12.6. The molecule has 1 N–H and O–H groups in total. The number of methoxy groups -OCH3 is 1. The molecule has 2 rings (SSSR count). The zero-order chi connectivity index (χ0) is 13.1. The minimum absolute atomic E-state index is 0.222. The second kappa shape index (κ2) is 5.22. The van der Waals surface area contributed by atoms with Gasteiger partial charge in [-0.05, 0) is 28.6 Å². The smallest absolute Gasteiger partial charge is 0.317 e. The van der Waals surface area contributed by atoms with Crippen LogP contribution in [0.2, 0.25) is 0 Å². The highest BCUT2D eigenvalue weighted by molar-refractivity contribution is 8.03. The number of para-hydroxylation sites is 1. The number of rotatable bonds is 4. The maximum absolute atomic E-state index is 10.9. The number of hydrogen-bond donors (Lipinski definition) is 1. The lowest BCUT2D eigenvalue weighted by atomic mass is 10.0. The lowest BCUT2D eigenvalue weighted by Crippen LogP contribution is -2.12. The molecule has 0 aromatic heterocycles. The number of hydrogen-bond acceptors (Lipinski definition) is 5. The third kappa shape index (κ3) is 2.24. The molecular weight excluding hydrogens is 254 g/mol. The van der Waals surface area contributed by atoms with Crippen molar-refractivity contribution in [1.29, 1.82) is 0 Å². The summed E-state index contributed by atoms with van der Waals surface area (Å²) in [6.45, 7) is 0. The van der Waals surface area contributed by atoms with Crippen molar-refractivity contribution in [2.45, 2.75) is 11.7 Å². The van der Waals surface area contributed by atoms with Crippen LogP contribution in [0.3, 0.4) is 0 Å². The summed E-state index contributed by atoms with van der Waals surface area (Å²) in [5, 5.41) is 13.2. The summed E-state index contributed by atoms with van der Waals surface area (Å²) in [5.74, 6) is -0.444. The van der Waals surface area contributed by atoms with Gasteiger partial charge in [0.1, 0.15) is 10.9 Å². The molecule has 1 atom stereocenters. The Balaban J connectivity index is 2.35. The molecule has 1 aromatic rings. The summed E-state index contributed by atoms with van der Waals surface area (Å²) < 4.78 is 5.18. The van der Waals surface area contributed by atoms with E-state index in [9.17, 15) is 9.70 Å². The van der Waals surface area contributed by atoms with Gasteiger partial charge in [-0.3, -0.25) is 4.79 Å². The second-order valence-corrected chi connectivity index (χ2v) is 4.84. The van der Waals surface area contributed by atoms with Crippen molar-refractivity contribution in [3.63, 3.8) is 0 Å². The molecule has 0 fully saturated rings. The molecular formula is C12H11NO4S. The average Bonchev–Trinajstić information content (AvgIpc) is 2.87. The van der Waals surface area contributed by atoms with E-state index >= 15 is 0 Å². The van der Waals surface area contributed by atoms with Crippen LogP contribution in [0.5, 0.6) is 5.75 Å². The molecule has 1 aliphatic rings. The monoisotopic (exact) mass is 265 g/mol. The van der Waals surface area contributed by atoms with Crippen LogP contribution >= 0.6 is 11.8 Å². The van der Waals surface area contributed by atoms with Crippen LogP contribution in [0.1, 0.15) is 12.0 Å². The van der Waals surface area contributed by atoms with Gasteiger partial charge in [0.25, 0.3) is 0 Å². The van der Waals surface area contributed by atoms with E-state index in [4.69, 9.17) is 9.84 Å². The van der Waals surface area contributed by atoms with Crippen LogP contribution in [0.25, 0.3) is 5.57 Å². The minimum Gasteiger partial charge on any atom is -0.494 e. The Labute approximate surface area is 108 Å². The number of carboxylic acid groups (broad SMARTS) is 1.